The van der Waals surface area contributed by atoms with Crippen molar-refractivity contribution in [3.8, 4) is 0 Å². The molecule has 2 aliphatic rings. The minimum Gasteiger partial charge on any atom is -0.325 e. The van der Waals surface area contributed by atoms with Crippen LogP contribution in [0, 0.1) is 0 Å². The van der Waals surface area contributed by atoms with Crippen molar-refractivity contribution in [2.45, 2.75) is 31.3 Å². The highest BCUT2D eigenvalue weighted by Gasteiger charge is 2.43. The Labute approximate surface area is 140 Å². The highest BCUT2D eigenvalue weighted by molar-refractivity contribution is 6.07. The number of urea groups is 1. The molecule has 0 aliphatic carbocycles. The summed E-state index contributed by atoms with van der Waals surface area (Å²) in [5.41, 5.74) is 0.100. The number of imide groups is 1. The van der Waals surface area contributed by atoms with E-state index in [0.29, 0.717) is 11.3 Å². The standard InChI is InChI=1S/C15H18N4O3.ClH/c1-15(13(21)18-14(22)19-15)9-4-2-5-10(8-9)17-12(20)11-6-3-7-16-11;/h2,4-5,8,11,16H,3,6-7H2,1H3,(H,17,20)(H2,18,19,21,22);1H. The molecule has 4 N–H and O–H groups in total. The van der Waals surface area contributed by atoms with Crippen LogP contribution in [-0.2, 0) is 15.1 Å². The van der Waals surface area contributed by atoms with Gasteiger partial charge < -0.3 is 16.0 Å². The van der Waals surface area contributed by atoms with Crippen molar-refractivity contribution in [2.75, 3.05) is 11.9 Å². The molecule has 3 rings (SSSR count). The Morgan fingerprint density at radius 1 is 1.35 bits per heavy atom. The number of hydrogen-bond donors (Lipinski definition) is 4. The molecule has 2 fully saturated rings. The largest absolute Gasteiger partial charge is 0.325 e. The van der Waals surface area contributed by atoms with Crippen molar-refractivity contribution in [3.05, 3.63) is 29.8 Å². The summed E-state index contributed by atoms with van der Waals surface area (Å²) in [6.45, 7) is 2.48. The van der Waals surface area contributed by atoms with Gasteiger partial charge in [0.2, 0.25) is 5.91 Å². The lowest BCUT2D eigenvalue weighted by Gasteiger charge is -2.22. The average Bonchev–Trinajstić information content (AvgIpc) is 3.09. The van der Waals surface area contributed by atoms with Crippen LogP contribution in [0.1, 0.15) is 25.3 Å². The van der Waals surface area contributed by atoms with Gasteiger partial charge in [-0.3, -0.25) is 14.9 Å². The molecule has 2 heterocycles. The molecule has 2 unspecified atom stereocenters. The summed E-state index contributed by atoms with van der Waals surface area (Å²) in [6, 6.07) is 6.27. The molecule has 7 nitrogen and oxygen atoms in total. The zero-order valence-electron chi connectivity index (χ0n) is 12.6. The minimum atomic E-state index is -1.12. The van der Waals surface area contributed by atoms with Crippen LogP contribution in [0.2, 0.25) is 0 Å². The van der Waals surface area contributed by atoms with Crippen LogP contribution in [0.5, 0.6) is 0 Å². The fourth-order valence-corrected chi connectivity index (χ4v) is 2.79. The van der Waals surface area contributed by atoms with E-state index < -0.39 is 17.5 Å². The van der Waals surface area contributed by atoms with Crippen LogP contribution < -0.4 is 21.3 Å². The van der Waals surface area contributed by atoms with Crippen LogP contribution in [0.3, 0.4) is 0 Å². The van der Waals surface area contributed by atoms with E-state index in [-0.39, 0.29) is 24.4 Å². The first-order chi connectivity index (χ1) is 10.5. The Morgan fingerprint density at radius 2 is 2.13 bits per heavy atom. The number of carbonyl (C=O) groups excluding carboxylic acids is 3. The second-order valence-corrected chi connectivity index (χ2v) is 5.75. The number of rotatable bonds is 3. The smallest absolute Gasteiger partial charge is 0.322 e. The van der Waals surface area contributed by atoms with Crippen molar-refractivity contribution in [3.63, 3.8) is 0 Å². The molecule has 0 saturated carbocycles. The van der Waals surface area contributed by atoms with Crippen molar-refractivity contribution in [1.82, 2.24) is 16.0 Å². The summed E-state index contributed by atoms with van der Waals surface area (Å²) in [6.07, 6.45) is 1.81. The third kappa shape index (κ3) is 3.30. The van der Waals surface area contributed by atoms with E-state index in [0.717, 1.165) is 19.4 Å². The fraction of sp³-hybridized carbons (Fsp3) is 0.400. The molecule has 2 atom stereocenters. The van der Waals surface area contributed by atoms with E-state index in [9.17, 15) is 14.4 Å². The summed E-state index contributed by atoms with van der Waals surface area (Å²) >= 11 is 0. The molecule has 0 bridgehead atoms. The molecule has 0 spiro atoms. The first-order valence-corrected chi connectivity index (χ1v) is 7.27. The Balaban J connectivity index is 0.00000192. The molecule has 0 radical (unpaired) electrons. The number of amides is 4. The zero-order chi connectivity index (χ0) is 15.7. The van der Waals surface area contributed by atoms with Gasteiger partial charge in [-0.15, -0.1) is 12.4 Å². The highest BCUT2D eigenvalue weighted by atomic mass is 35.5. The Hall–Kier alpha value is -2.12. The maximum Gasteiger partial charge on any atom is 0.322 e. The number of anilines is 1. The van der Waals surface area contributed by atoms with Crippen molar-refractivity contribution >= 4 is 35.9 Å². The average molecular weight is 339 g/mol. The van der Waals surface area contributed by atoms with Gasteiger partial charge in [0.15, 0.2) is 0 Å². The second-order valence-electron chi connectivity index (χ2n) is 5.75. The van der Waals surface area contributed by atoms with Gasteiger partial charge in [-0.05, 0) is 44.0 Å². The minimum absolute atomic E-state index is 0. The summed E-state index contributed by atoms with van der Waals surface area (Å²) in [4.78, 5) is 35.4. The molecule has 2 aliphatic heterocycles. The Kier molecular flexibility index (Phi) is 4.91. The van der Waals surface area contributed by atoms with Gasteiger partial charge in [0.05, 0.1) is 6.04 Å². The quantitative estimate of drug-likeness (QED) is 0.614. The summed E-state index contributed by atoms with van der Waals surface area (Å²) in [5, 5.41) is 10.8. The van der Waals surface area contributed by atoms with E-state index >= 15 is 0 Å². The van der Waals surface area contributed by atoms with Crippen molar-refractivity contribution in [1.29, 1.82) is 0 Å². The normalized spacial score (nSPS) is 26.2. The summed E-state index contributed by atoms with van der Waals surface area (Å²) in [5.74, 6) is -0.488. The lowest BCUT2D eigenvalue weighted by atomic mass is 9.92. The van der Waals surface area contributed by atoms with E-state index in [1.807, 2.05) is 0 Å². The number of nitrogens with one attached hydrogen (secondary N) is 4. The maximum absolute atomic E-state index is 12.1. The molecule has 0 aromatic heterocycles. The van der Waals surface area contributed by atoms with Gasteiger partial charge in [-0.2, -0.15) is 0 Å². The predicted octanol–water partition coefficient (Wildman–Crippen LogP) is 0.854. The monoisotopic (exact) mass is 338 g/mol. The van der Waals surface area contributed by atoms with Crippen molar-refractivity contribution < 1.29 is 14.4 Å². The maximum atomic E-state index is 12.1. The molecule has 4 amide bonds. The van der Waals surface area contributed by atoms with Crippen molar-refractivity contribution in [2.24, 2.45) is 0 Å². The number of carbonyl (C=O) groups is 3. The number of benzene rings is 1. The summed E-state index contributed by atoms with van der Waals surface area (Å²) in [7, 11) is 0. The van der Waals surface area contributed by atoms with Gasteiger partial charge in [-0.1, -0.05) is 12.1 Å². The molecule has 2 saturated heterocycles. The lowest BCUT2D eigenvalue weighted by molar-refractivity contribution is -0.123. The predicted molar refractivity (Wildman–Crippen MR) is 87.4 cm³/mol. The fourth-order valence-electron chi connectivity index (χ4n) is 2.79. The van der Waals surface area contributed by atoms with E-state index in [1.54, 1.807) is 31.2 Å². The summed E-state index contributed by atoms with van der Waals surface area (Å²) < 4.78 is 0. The first-order valence-electron chi connectivity index (χ1n) is 7.27. The molecule has 1 aromatic rings. The number of hydrogen-bond acceptors (Lipinski definition) is 4. The first kappa shape index (κ1) is 17.2. The SMILES string of the molecule is CC1(c2cccc(NC(=O)C3CCCN3)c2)NC(=O)NC1=O.Cl. The van der Waals surface area contributed by atoms with E-state index in [2.05, 4.69) is 21.3 Å². The van der Waals surface area contributed by atoms with Gasteiger partial charge in [-0.25, -0.2) is 4.79 Å². The third-order valence-corrected chi connectivity index (χ3v) is 4.13. The molecule has 1 aromatic carbocycles. The number of halogens is 1. The topological polar surface area (TPSA) is 99.3 Å². The van der Waals surface area contributed by atoms with Crippen LogP contribution in [0.15, 0.2) is 24.3 Å². The lowest BCUT2D eigenvalue weighted by Crippen LogP contribution is -2.40. The molecule has 23 heavy (non-hydrogen) atoms. The Morgan fingerprint density at radius 3 is 2.74 bits per heavy atom. The molecule has 8 heteroatoms. The van der Waals surface area contributed by atoms with Crippen LogP contribution >= 0.6 is 12.4 Å². The van der Waals surface area contributed by atoms with E-state index in [4.69, 9.17) is 0 Å². The molecule has 124 valence electrons. The second kappa shape index (κ2) is 6.55. The van der Waals surface area contributed by atoms with Gasteiger partial charge in [0.1, 0.15) is 5.54 Å². The van der Waals surface area contributed by atoms with Gasteiger partial charge in [0.25, 0.3) is 5.91 Å². The van der Waals surface area contributed by atoms with E-state index in [1.165, 1.54) is 0 Å². The van der Waals surface area contributed by atoms with Crippen LogP contribution in [-0.4, -0.2) is 30.4 Å². The molecular weight excluding hydrogens is 320 g/mol. The van der Waals surface area contributed by atoms with Gasteiger partial charge >= 0.3 is 6.03 Å². The Bertz CT molecular complexity index is 645. The highest BCUT2D eigenvalue weighted by Crippen LogP contribution is 2.26. The zero-order valence-corrected chi connectivity index (χ0v) is 13.5. The van der Waals surface area contributed by atoms with Crippen LogP contribution in [0.4, 0.5) is 10.5 Å². The van der Waals surface area contributed by atoms with Crippen LogP contribution in [0.25, 0.3) is 0 Å². The van der Waals surface area contributed by atoms with Gasteiger partial charge in [0, 0.05) is 5.69 Å². The third-order valence-electron chi connectivity index (χ3n) is 4.13. The molecular formula is C15H19ClN4O3.